The first-order valence-electron chi connectivity index (χ1n) is 8.04. The van der Waals surface area contributed by atoms with Crippen molar-refractivity contribution in [1.82, 2.24) is 9.62 Å². The molecule has 0 aliphatic carbocycles. The van der Waals surface area contributed by atoms with Gasteiger partial charge in [0.25, 0.3) is 5.91 Å². The second-order valence-corrected chi connectivity index (χ2v) is 7.35. The molecule has 0 aromatic heterocycles. The summed E-state index contributed by atoms with van der Waals surface area (Å²) in [6, 6.07) is 7.62. The lowest BCUT2D eigenvalue weighted by atomic mass is 10.2. The zero-order chi connectivity index (χ0) is 19.2. The first-order chi connectivity index (χ1) is 12.3. The Bertz CT molecular complexity index is 804. The number of hydrogen-bond donors (Lipinski definition) is 1. The van der Waals surface area contributed by atoms with Crippen molar-refractivity contribution in [3.05, 3.63) is 41.3 Å². The van der Waals surface area contributed by atoms with Crippen LogP contribution >= 0.6 is 0 Å². The highest BCUT2D eigenvalue weighted by Gasteiger charge is 2.28. The van der Waals surface area contributed by atoms with Gasteiger partial charge in [0.15, 0.2) is 6.61 Å². The molecular weight excluding hydrogens is 360 g/mol. The molecule has 2 amide bonds. The number of sulfonamides is 1. The van der Waals surface area contributed by atoms with Crippen LogP contribution in [0.4, 0.5) is 0 Å². The van der Waals surface area contributed by atoms with Gasteiger partial charge in [0.2, 0.25) is 15.9 Å². The summed E-state index contributed by atoms with van der Waals surface area (Å²) in [4.78, 5) is 36.1. The van der Waals surface area contributed by atoms with E-state index >= 15 is 0 Å². The van der Waals surface area contributed by atoms with Gasteiger partial charge in [-0.25, -0.2) is 8.42 Å². The maximum Gasteiger partial charge on any atom is 0.324 e. The van der Waals surface area contributed by atoms with Crippen molar-refractivity contribution in [2.24, 2.45) is 0 Å². The van der Waals surface area contributed by atoms with E-state index in [1.54, 1.807) is 30.3 Å². The Morgan fingerprint density at radius 1 is 1.31 bits per heavy atom. The Morgan fingerprint density at radius 3 is 2.62 bits per heavy atom. The molecule has 0 saturated carbocycles. The molecule has 9 heteroatoms. The average Bonchev–Trinajstić information content (AvgIpc) is 3.04. The van der Waals surface area contributed by atoms with Gasteiger partial charge in [-0.15, -0.1) is 0 Å². The van der Waals surface area contributed by atoms with E-state index in [1.807, 2.05) is 0 Å². The van der Waals surface area contributed by atoms with Gasteiger partial charge in [-0.2, -0.15) is 4.72 Å². The predicted molar refractivity (Wildman–Crippen MR) is 93.9 cm³/mol. The van der Waals surface area contributed by atoms with E-state index in [9.17, 15) is 22.8 Å². The summed E-state index contributed by atoms with van der Waals surface area (Å²) in [5.74, 6) is -1.81. The monoisotopic (exact) mass is 380 g/mol. The molecule has 1 aromatic carbocycles. The molecule has 1 N–H and O–H groups in total. The third-order valence-corrected chi connectivity index (χ3v) is 4.82. The van der Waals surface area contributed by atoms with Gasteiger partial charge < -0.3 is 4.74 Å². The maximum atomic E-state index is 12.0. The number of esters is 1. The summed E-state index contributed by atoms with van der Waals surface area (Å²) in [5, 5.41) is 0.945. The number of nitrogens with one attached hydrogen (secondary N) is 1. The summed E-state index contributed by atoms with van der Waals surface area (Å²) >= 11 is 0. The molecule has 0 bridgehead atoms. The molecule has 2 rings (SSSR count). The largest absolute Gasteiger partial charge is 0.454 e. The van der Waals surface area contributed by atoms with Crippen LogP contribution in [0.5, 0.6) is 0 Å². The van der Waals surface area contributed by atoms with E-state index in [1.165, 1.54) is 13.0 Å². The second-order valence-electron chi connectivity index (χ2n) is 5.75. The highest BCUT2D eigenvalue weighted by atomic mass is 32.2. The van der Waals surface area contributed by atoms with Crippen LogP contribution in [0.2, 0.25) is 0 Å². The van der Waals surface area contributed by atoms with Crippen molar-refractivity contribution in [3.8, 4) is 0 Å². The van der Waals surface area contributed by atoms with Crippen LogP contribution in [0.1, 0.15) is 25.3 Å². The van der Waals surface area contributed by atoms with E-state index in [2.05, 4.69) is 4.72 Å². The number of carbonyl (C=O) groups is 3. The number of carbonyl (C=O) groups excluding carboxylic acids is 3. The summed E-state index contributed by atoms with van der Waals surface area (Å²) in [5.41, 5.74) is 0.689. The number of likely N-dealkylation sites (tertiary alicyclic amines) is 1. The molecule has 1 heterocycles. The number of hydrogen-bond acceptors (Lipinski definition) is 6. The van der Waals surface area contributed by atoms with Crippen LogP contribution in [-0.4, -0.2) is 50.3 Å². The lowest BCUT2D eigenvalue weighted by Gasteiger charge is -2.15. The van der Waals surface area contributed by atoms with Crippen LogP contribution in [0.3, 0.4) is 0 Å². The molecule has 0 spiro atoms. The molecule has 1 aromatic rings. The summed E-state index contributed by atoms with van der Waals surface area (Å²) < 4.78 is 30.9. The standard InChI is InChI=1S/C17H20N2O6S/c1-13(17(22)25-12-16(21)19-10-5-8-15(19)20)18-26(23,24)11-9-14-6-3-2-4-7-14/h2-4,6-7,9,11,13,18H,5,8,10,12H2,1H3/b11-9+/t13-/m0/s1. The summed E-state index contributed by atoms with van der Waals surface area (Å²) in [6.07, 6.45) is 2.27. The van der Waals surface area contributed by atoms with Crippen molar-refractivity contribution in [2.45, 2.75) is 25.8 Å². The molecule has 26 heavy (non-hydrogen) atoms. The van der Waals surface area contributed by atoms with Crippen LogP contribution in [0, 0.1) is 0 Å². The zero-order valence-corrected chi connectivity index (χ0v) is 15.1. The van der Waals surface area contributed by atoms with E-state index in [0.717, 1.165) is 10.3 Å². The number of rotatable bonds is 7. The quantitative estimate of drug-likeness (QED) is 0.696. The highest BCUT2D eigenvalue weighted by molar-refractivity contribution is 7.92. The number of imide groups is 1. The second kappa shape index (κ2) is 8.72. The Hall–Kier alpha value is -2.52. The maximum absolute atomic E-state index is 12.0. The van der Waals surface area contributed by atoms with Crippen molar-refractivity contribution >= 4 is 33.9 Å². The van der Waals surface area contributed by atoms with Gasteiger partial charge in [0.1, 0.15) is 6.04 Å². The first kappa shape index (κ1) is 19.8. The molecule has 1 saturated heterocycles. The Balaban J connectivity index is 1.84. The molecule has 0 unspecified atom stereocenters. The SMILES string of the molecule is C[C@H](NS(=O)(=O)/C=C/c1ccccc1)C(=O)OCC(=O)N1CCCC1=O. The fraction of sp³-hybridized carbons (Fsp3) is 0.353. The minimum Gasteiger partial charge on any atom is -0.454 e. The van der Waals surface area contributed by atoms with Crippen LogP contribution in [-0.2, 0) is 29.1 Å². The Labute approximate surface area is 151 Å². The van der Waals surface area contributed by atoms with E-state index in [4.69, 9.17) is 4.74 Å². The summed E-state index contributed by atoms with van der Waals surface area (Å²) in [7, 11) is -3.87. The van der Waals surface area contributed by atoms with Crippen molar-refractivity contribution in [3.63, 3.8) is 0 Å². The highest BCUT2D eigenvalue weighted by Crippen LogP contribution is 2.10. The molecule has 1 aliphatic heterocycles. The van der Waals surface area contributed by atoms with Gasteiger partial charge in [-0.05, 0) is 25.0 Å². The smallest absolute Gasteiger partial charge is 0.324 e. The molecule has 1 atom stereocenters. The van der Waals surface area contributed by atoms with Crippen molar-refractivity contribution < 1.29 is 27.5 Å². The van der Waals surface area contributed by atoms with E-state index in [0.29, 0.717) is 24.9 Å². The fourth-order valence-corrected chi connectivity index (χ4v) is 3.32. The molecule has 1 fully saturated rings. The Morgan fingerprint density at radius 2 is 2.00 bits per heavy atom. The third kappa shape index (κ3) is 5.78. The summed E-state index contributed by atoms with van der Waals surface area (Å²) in [6.45, 7) is 1.01. The van der Waals surface area contributed by atoms with Crippen molar-refractivity contribution in [2.75, 3.05) is 13.2 Å². The van der Waals surface area contributed by atoms with Gasteiger partial charge in [-0.3, -0.25) is 19.3 Å². The van der Waals surface area contributed by atoms with Crippen LogP contribution < -0.4 is 4.72 Å². The molecule has 1 aliphatic rings. The minimum atomic E-state index is -3.87. The average molecular weight is 380 g/mol. The van der Waals surface area contributed by atoms with Gasteiger partial charge in [0, 0.05) is 18.4 Å². The minimum absolute atomic E-state index is 0.295. The van der Waals surface area contributed by atoms with Gasteiger partial charge in [0.05, 0.1) is 0 Å². The van der Waals surface area contributed by atoms with Crippen LogP contribution in [0.15, 0.2) is 35.7 Å². The van der Waals surface area contributed by atoms with E-state index < -0.39 is 34.5 Å². The lowest BCUT2D eigenvalue weighted by Crippen LogP contribution is -2.41. The van der Waals surface area contributed by atoms with Gasteiger partial charge in [-0.1, -0.05) is 30.3 Å². The first-order valence-corrected chi connectivity index (χ1v) is 9.58. The third-order valence-electron chi connectivity index (χ3n) is 3.65. The molecule has 140 valence electrons. The molecule has 0 radical (unpaired) electrons. The predicted octanol–water partition coefficient (Wildman–Crippen LogP) is 0.657. The van der Waals surface area contributed by atoms with Crippen LogP contribution in [0.25, 0.3) is 6.08 Å². The topological polar surface area (TPSA) is 110 Å². The zero-order valence-electron chi connectivity index (χ0n) is 14.3. The van der Waals surface area contributed by atoms with Gasteiger partial charge >= 0.3 is 5.97 Å². The number of benzene rings is 1. The normalized spacial score (nSPS) is 16.0. The molecular formula is C17H20N2O6S. The molecule has 8 nitrogen and oxygen atoms in total. The van der Waals surface area contributed by atoms with Crippen molar-refractivity contribution in [1.29, 1.82) is 0 Å². The Kier molecular flexibility index (Phi) is 6.64. The lowest BCUT2D eigenvalue weighted by molar-refractivity contribution is -0.155. The number of nitrogens with zero attached hydrogens (tertiary/aromatic N) is 1. The fourth-order valence-electron chi connectivity index (χ4n) is 2.31. The van der Waals surface area contributed by atoms with E-state index in [-0.39, 0.29) is 5.91 Å². The number of amides is 2. The number of ether oxygens (including phenoxy) is 1.